The van der Waals surface area contributed by atoms with E-state index in [1.165, 1.54) is 6.42 Å². The Kier molecular flexibility index (Phi) is 4.65. The van der Waals surface area contributed by atoms with Crippen LogP contribution in [-0.2, 0) is 13.5 Å². The average molecular weight is 280 g/mol. The van der Waals surface area contributed by atoms with Crippen LogP contribution < -0.4 is 10.6 Å². The molecule has 1 aromatic heterocycles. The Morgan fingerprint density at radius 2 is 2.15 bits per heavy atom. The minimum absolute atomic E-state index is 0.297. The van der Waals surface area contributed by atoms with Crippen molar-refractivity contribution in [3.05, 3.63) is 11.8 Å². The molecule has 0 aliphatic heterocycles. The van der Waals surface area contributed by atoms with Gasteiger partial charge in [0, 0.05) is 19.7 Å². The molecule has 0 atom stereocenters. The summed E-state index contributed by atoms with van der Waals surface area (Å²) in [4.78, 5) is 11.9. The maximum Gasteiger partial charge on any atom is 0.320 e. The molecule has 1 aliphatic carbocycles. The summed E-state index contributed by atoms with van der Waals surface area (Å²) < 4.78 is 1.65. The van der Waals surface area contributed by atoms with Crippen LogP contribution in [-0.4, -0.2) is 33.1 Å². The Bertz CT molecular complexity index is 464. The third kappa shape index (κ3) is 3.72. The lowest BCUT2D eigenvalue weighted by Gasteiger charge is -2.32. The largest absolute Gasteiger partial charge is 0.388 e. The van der Waals surface area contributed by atoms with Crippen LogP contribution in [0.3, 0.4) is 0 Å². The van der Waals surface area contributed by atoms with Crippen LogP contribution in [0.4, 0.5) is 10.6 Å². The second-order valence-electron chi connectivity index (χ2n) is 5.59. The number of nitrogens with zero attached hydrogens (tertiary/aromatic N) is 2. The van der Waals surface area contributed by atoms with E-state index < -0.39 is 5.60 Å². The summed E-state index contributed by atoms with van der Waals surface area (Å²) in [6.45, 7) is 2.32. The van der Waals surface area contributed by atoms with Gasteiger partial charge in [0.1, 0.15) is 5.82 Å². The van der Waals surface area contributed by atoms with Gasteiger partial charge in [0.25, 0.3) is 0 Å². The van der Waals surface area contributed by atoms with E-state index in [2.05, 4.69) is 15.7 Å². The van der Waals surface area contributed by atoms with Gasteiger partial charge >= 0.3 is 6.03 Å². The van der Waals surface area contributed by atoms with Gasteiger partial charge in [0.15, 0.2) is 0 Å². The Morgan fingerprint density at radius 3 is 2.75 bits per heavy atom. The second kappa shape index (κ2) is 6.26. The molecule has 0 spiro atoms. The SMILES string of the molecule is CCc1cc(NC(=O)NCC2(O)CCCCC2)n(C)n1. The molecule has 0 bridgehead atoms. The summed E-state index contributed by atoms with van der Waals surface area (Å²) in [5.74, 6) is 0.662. The number of aryl methyl sites for hydroxylation is 2. The number of rotatable bonds is 4. The fraction of sp³-hybridized carbons (Fsp3) is 0.714. The van der Waals surface area contributed by atoms with Crippen LogP contribution in [0, 0.1) is 0 Å². The topological polar surface area (TPSA) is 79.2 Å². The highest BCUT2D eigenvalue weighted by Crippen LogP contribution is 2.27. The lowest BCUT2D eigenvalue weighted by molar-refractivity contribution is 0.00755. The number of aromatic nitrogens is 2. The minimum Gasteiger partial charge on any atom is -0.388 e. The van der Waals surface area contributed by atoms with Gasteiger partial charge in [-0.25, -0.2) is 4.79 Å². The first kappa shape index (κ1) is 14.8. The predicted molar refractivity (Wildman–Crippen MR) is 77.6 cm³/mol. The van der Waals surface area contributed by atoms with Crippen LogP contribution in [0.2, 0.25) is 0 Å². The van der Waals surface area contributed by atoms with Crippen molar-refractivity contribution in [1.29, 1.82) is 0 Å². The van der Waals surface area contributed by atoms with E-state index in [0.717, 1.165) is 37.8 Å². The van der Waals surface area contributed by atoms with Gasteiger partial charge in [-0.2, -0.15) is 5.10 Å². The van der Waals surface area contributed by atoms with Crippen LogP contribution in [0.15, 0.2) is 6.07 Å². The number of aliphatic hydroxyl groups is 1. The molecule has 0 saturated heterocycles. The molecular weight excluding hydrogens is 256 g/mol. The van der Waals surface area contributed by atoms with Gasteiger partial charge in [-0.15, -0.1) is 0 Å². The quantitative estimate of drug-likeness (QED) is 0.787. The van der Waals surface area contributed by atoms with Crippen molar-refractivity contribution in [3.8, 4) is 0 Å². The molecule has 20 heavy (non-hydrogen) atoms. The van der Waals surface area contributed by atoms with Crippen LogP contribution in [0.1, 0.15) is 44.7 Å². The van der Waals surface area contributed by atoms with E-state index in [1.807, 2.05) is 13.0 Å². The van der Waals surface area contributed by atoms with Crippen molar-refractivity contribution < 1.29 is 9.90 Å². The van der Waals surface area contributed by atoms with Gasteiger partial charge in [-0.05, 0) is 19.3 Å². The zero-order chi connectivity index (χ0) is 14.6. The van der Waals surface area contributed by atoms with E-state index in [9.17, 15) is 9.90 Å². The Balaban J connectivity index is 1.84. The highest BCUT2D eigenvalue weighted by molar-refractivity contribution is 5.88. The van der Waals surface area contributed by atoms with E-state index in [4.69, 9.17) is 0 Å². The van der Waals surface area contributed by atoms with Crippen molar-refractivity contribution in [2.45, 2.75) is 51.0 Å². The number of hydrogen-bond acceptors (Lipinski definition) is 3. The molecule has 0 radical (unpaired) electrons. The van der Waals surface area contributed by atoms with Crippen molar-refractivity contribution in [1.82, 2.24) is 15.1 Å². The number of nitrogens with one attached hydrogen (secondary N) is 2. The lowest BCUT2D eigenvalue weighted by atomic mass is 9.85. The molecule has 0 unspecified atom stereocenters. The molecule has 3 N–H and O–H groups in total. The maximum atomic E-state index is 11.9. The molecule has 1 aromatic rings. The number of urea groups is 1. The summed E-state index contributed by atoms with van der Waals surface area (Å²) in [6.07, 6.45) is 5.58. The summed E-state index contributed by atoms with van der Waals surface area (Å²) >= 11 is 0. The Labute approximate surface area is 119 Å². The summed E-state index contributed by atoms with van der Waals surface area (Å²) in [5, 5.41) is 20.1. The van der Waals surface area contributed by atoms with Gasteiger partial charge in [-0.3, -0.25) is 10.00 Å². The standard InChI is InChI=1S/C14H24N4O2/c1-3-11-9-12(18(2)17-11)16-13(19)15-10-14(20)7-5-4-6-8-14/h9,20H,3-8,10H2,1-2H3,(H2,15,16,19). The molecule has 6 nitrogen and oxygen atoms in total. The first-order chi connectivity index (χ1) is 9.52. The molecule has 0 aromatic carbocycles. The van der Waals surface area contributed by atoms with E-state index in [0.29, 0.717) is 12.4 Å². The number of carbonyl (C=O) groups is 1. The van der Waals surface area contributed by atoms with Gasteiger partial charge in [-0.1, -0.05) is 26.2 Å². The lowest BCUT2D eigenvalue weighted by Crippen LogP contribution is -2.45. The highest BCUT2D eigenvalue weighted by Gasteiger charge is 2.29. The van der Waals surface area contributed by atoms with E-state index in [-0.39, 0.29) is 6.03 Å². The fourth-order valence-electron chi connectivity index (χ4n) is 2.61. The normalized spacial score (nSPS) is 17.8. The summed E-state index contributed by atoms with van der Waals surface area (Å²) in [7, 11) is 1.80. The summed E-state index contributed by atoms with van der Waals surface area (Å²) in [5.41, 5.74) is 0.199. The van der Waals surface area contributed by atoms with Gasteiger partial charge in [0.05, 0.1) is 11.3 Å². The third-order valence-corrected chi connectivity index (χ3v) is 3.90. The number of hydrogen-bond donors (Lipinski definition) is 3. The zero-order valence-electron chi connectivity index (χ0n) is 12.3. The Hall–Kier alpha value is -1.56. The Morgan fingerprint density at radius 1 is 1.45 bits per heavy atom. The highest BCUT2D eigenvalue weighted by atomic mass is 16.3. The minimum atomic E-state index is -0.739. The molecule has 2 amide bonds. The molecular formula is C14H24N4O2. The summed E-state index contributed by atoms with van der Waals surface area (Å²) in [6, 6.07) is 1.56. The van der Waals surface area contributed by atoms with Crippen molar-refractivity contribution >= 4 is 11.8 Å². The van der Waals surface area contributed by atoms with Crippen molar-refractivity contribution in [3.63, 3.8) is 0 Å². The van der Waals surface area contributed by atoms with Crippen molar-refractivity contribution in [2.75, 3.05) is 11.9 Å². The molecule has 1 aliphatic rings. The van der Waals surface area contributed by atoms with Crippen LogP contribution in [0.5, 0.6) is 0 Å². The first-order valence-corrected chi connectivity index (χ1v) is 7.32. The average Bonchev–Trinajstić information content (AvgIpc) is 2.78. The molecule has 1 fully saturated rings. The third-order valence-electron chi connectivity index (χ3n) is 3.90. The van der Waals surface area contributed by atoms with Crippen molar-refractivity contribution in [2.24, 2.45) is 7.05 Å². The van der Waals surface area contributed by atoms with Gasteiger partial charge < -0.3 is 10.4 Å². The number of anilines is 1. The molecule has 2 rings (SSSR count). The van der Waals surface area contributed by atoms with E-state index in [1.54, 1.807) is 11.7 Å². The fourth-order valence-corrected chi connectivity index (χ4v) is 2.61. The zero-order valence-corrected chi connectivity index (χ0v) is 12.3. The van der Waals surface area contributed by atoms with Crippen LogP contribution >= 0.6 is 0 Å². The van der Waals surface area contributed by atoms with Gasteiger partial charge in [0.2, 0.25) is 0 Å². The monoisotopic (exact) mass is 280 g/mol. The molecule has 1 heterocycles. The first-order valence-electron chi connectivity index (χ1n) is 7.32. The van der Waals surface area contributed by atoms with Crippen LogP contribution in [0.25, 0.3) is 0 Å². The second-order valence-corrected chi connectivity index (χ2v) is 5.59. The number of carbonyl (C=O) groups excluding carboxylic acids is 1. The maximum absolute atomic E-state index is 11.9. The molecule has 1 saturated carbocycles. The number of amides is 2. The molecule has 6 heteroatoms. The molecule has 112 valence electrons. The predicted octanol–water partition coefficient (Wildman–Crippen LogP) is 1.80. The smallest absolute Gasteiger partial charge is 0.320 e. The van der Waals surface area contributed by atoms with E-state index >= 15 is 0 Å².